The van der Waals surface area contributed by atoms with Crippen molar-refractivity contribution >= 4 is 33.2 Å². The topological polar surface area (TPSA) is 52.9 Å². The van der Waals surface area contributed by atoms with Crippen molar-refractivity contribution < 1.29 is 4.79 Å². The second kappa shape index (κ2) is 6.21. The first-order valence-corrected chi connectivity index (χ1v) is 7.69. The van der Waals surface area contributed by atoms with E-state index in [1.807, 2.05) is 32.0 Å². The fraction of sp³-hybridized carbons (Fsp3) is 0.200. The number of carbonyl (C=O) groups excluding carboxylic acids is 1. The van der Waals surface area contributed by atoms with Crippen LogP contribution < -0.4 is 5.32 Å². The van der Waals surface area contributed by atoms with Gasteiger partial charge in [0.25, 0.3) is 5.91 Å². The van der Waals surface area contributed by atoms with Gasteiger partial charge in [0, 0.05) is 0 Å². The maximum Gasteiger partial charge on any atom is 0.261 e. The Bertz CT molecular complexity index is 651. The summed E-state index contributed by atoms with van der Waals surface area (Å²) in [5.41, 5.74) is 2.65. The van der Waals surface area contributed by atoms with Crippen LogP contribution in [-0.4, -0.2) is 5.91 Å². The van der Waals surface area contributed by atoms with E-state index in [2.05, 4.69) is 27.3 Å². The molecule has 1 amide bonds. The van der Waals surface area contributed by atoms with Crippen LogP contribution in [0.25, 0.3) is 0 Å². The number of nitrogens with zero attached hydrogens (tertiary/aromatic N) is 1. The van der Waals surface area contributed by atoms with Gasteiger partial charge >= 0.3 is 0 Å². The molecule has 0 fully saturated rings. The number of hydrogen-bond acceptors (Lipinski definition) is 3. The molecular formula is C15H13BrN2OS. The van der Waals surface area contributed by atoms with Gasteiger partial charge in [-0.3, -0.25) is 4.79 Å². The average Bonchev–Trinajstić information content (AvgIpc) is 2.79. The molecule has 20 heavy (non-hydrogen) atoms. The van der Waals surface area contributed by atoms with Crippen LogP contribution in [0.5, 0.6) is 0 Å². The van der Waals surface area contributed by atoms with Crippen molar-refractivity contribution in [3.8, 4) is 6.07 Å². The second-order valence-electron chi connectivity index (χ2n) is 4.50. The largest absolute Gasteiger partial charge is 0.345 e. The molecule has 0 aliphatic carbocycles. The van der Waals surface area contributed by atoms with Crippen molar-refractivity contribution in [1.82, 2.24) is 5.32 Å². The van der Waals surface area contributed by atoms with Gasteiger partial charge in [-0.25, -0.2) is 0 Å². The third-order valence-electron chi connectivity index (χ3n) is 2.97. The Labute approximate surface area is 130 Å². The third-order valence-corrected chi connectivity index (χ3v) is 5.10. The van der Waals surface area contributed by atoms with Crippen LogP contribution >= 0.6 is 27.3 Å². The average molecular weight is 349 g/mol. The highest BCUT2D eigenvalue weighted by Crippen LogP contribution is 2.27. The predicted molar refractivity (Wildman–Crippen MR) is 83.8 cm³/mol. The van der Waals surface area contributed by atoms with Gasteiger partial charge in [0.15, 0.2) is 0 Å². The van der Waals surface area contributed by atoms with Gasteiger partial charge < -0.3 is 5.32 Å². The number of thiophene rings is 1. The lowest BCUT2D eigenvalue weighted by Crippen LogP contribution is -2.25. The summed E-state index contributed by atoms with van der Waals surface area (Å²) in [6.07, 6.45) is 0. The first kappa shape index (κ1) is 14.8. The van der Waals surface area contributed by atoms with Crippen molar-refractivity contribution in [3.63, 3.8) is 0 Å². The molecule has 0 aliphatic heterocycles. The molecule has 2 aromatic rings. The SMILES string of the molecule is Cc1cc(C(=O)NC(C)c2ccc(C#N)cc2)sc1Br. The molecular weight excluding hydrogens is 336 g/mol. The number of nitriles is 1. The van der Waals surface area contributed by atoms with Crippen molar-refractivity contribution in [2.75, 3.05) is 0 Å². The normalized spacial score (nSPS) is 11.7. The van der Waals surface area contributed by atoms with Gasteiger partial charge in [-0.1, -0.05) is 12.1 Å². The Morgan fingerprint density at radius 3 is 2.55 bits per heavy atom. The zero-order chi connectivity index (χ0) is 14.7. The molecule has 2 rings (SSSR count). The number of halogens is 1. The standard InChI is InChI=1S/C15H13BrN2OS/c1-9-7-13(20-14(9)16)15(19)18-10(2)12-5-3-11(8-17)4-6-12/h3-7,10H,1-2H3,(H,18,19). The number of amides is 1. The zero-order valence-electron chi connectivity index (χ0n) is 11.1. The smallest absolute Gasteiger partial charge is 0.261 e. The second-order valence-corrected chi connectivity index (χ2v) is 6.87. The number of rotatable bonds is 3. The van der Waals surface area contributed by atoms with Gasteiger partial charge in [0.2, 0.25) is 0 Å². The highest BCUT2D eigenvalue weighted by atomic mass is 79.9. The molecule has 0 aliphatic rings. The molecule has 0 bridgehead atoms. The number of aryl methyl sites for hydroxylation is 1. The monoisotopic (exact) mass is 348 g/mol. The molecule has 1 N–H and O–H groups in total. The number of benzene rings is 1. The summed E-state index contributed by atoms with van der Waals surface area (Å²) in [5, 5.41) is 11.7. The van der Waals surface area contributed by atoms with Crippen LogP contribution in [0.2, 0.25) is 0 Å². The molecule has 1 atom stereocenters. The molecule has 0 saturated heterocycles. The van der Waals surface area contributed by atoms with Crippen molar-refractivity contribution in [2.45, 2.75) is 19.9 Å². The minimum absolute atomic E-state index is 0.0827. The summed E-state index contributed by atoms with van der Waals surface area (Å²) in [6, 6.07) is 11.1. The molecule has 5 heteroatoms. The summed E-state index contributed by atoms with van der Waals surface area (Å²) in [6.45, 7) is 3.89. The highest BCUT2D eigenvalue weighted by molar-refractivity contribution is 9.11. The lowest BCUT2D eigenvalue weighted by Gasteiger charge is -2.13. The van der Waals surface area contributed by atoms with Gasteiger partial charge in [-0.05, 0) is 59.1 Å². The molecule has 1 unspecified atom stereocenters. The van der Waals surface area contributed by atoms with Crippen LogP contribution in [0.15, 0.2) is 34.1 Å². The summed E-state index contributed by atoms with van der Waals surface area (Å²) < 4.78 is 0.980. The minimum atomic E-state index is -0.101. The Kier molecular flexibility index (Phi) is 4.58. The number of hydrogen-bond donors (Lipinski definition) is 1. The molecule has 0 radical (unpaired) electrons. The van der Waals surface area contributed by atoms with Gasteiger partial charge in [-0.2, -0.15) is 5.26 Å². The predicted octanol–water partition coefficient (Wildman–Crippen LogP) is 4.18. The van der Waals surface area contributed by atoms with E-state index < -0.39 is 0 Å². The molecule has 3 nitrogen and oxygen atoms in total. The Hall–Kier alpha value is -1.64. The maximum absolute atomic E-state index is 12.1. The highest BCUT2D eigenvalue weighted by Gasteiger charge is 2.14. The van der Waals surface area contributed by atoms with E-state index in [-0.39, 0.29) is 11.9 Å². The Morgan fingerprint density at radius 2 is 2.05 bits per heavy atom. The van der Waals surface area contributed by atoms with Crippen LogP contribution in [0.4, 0.5) is 0 Å². The van der Waals surface area contributed by atoms with Crippen LogP contribution in [0, 0.1) is 18.3 Å². The quantitative estimate of drug-likeness (QED) is 0.904. The van der Waals surface area contributed by atoms with Crippen molar-refractivity contribution in [1.29, 1.82) is 5.26 Å². The lowest BCUT2D eigenvalue weighted by molar-refractivity contribution is 0.0944. The number of carbonyl (C=O) groups is 1. The van der Waals surface area contributed by atoms with Crippen LogP contribution in [0.3, 0.4) is 0 Å². The summed E-state index contributed by atoms with van der Waals surface area (Å²) >= 11 is 4.85. The van der Waals surface area contributed by atoms with Crippen molar-refractivity contribution in [2.24, 2.45) is 0 Å². The van der Waals surface area contributed by atoms with E-state index in [1.165, 1.54) is 11.3 Å². The van der Waals surface area contributed by atoms with Gasteiger partial charge in [0.1, 0.15) is 0 Å². The molecule has 0 saturated carbocycles. The third kappa shape index (κ3) is 3.27. The Balaban J connectivity index is 2.08. The van der Waals surface area contributed by atoms with E-state index in [0.717, 1.165) is 14.9 Å². The lowest BCUT2D eigenvalue weighted by atomic mass is 10.1. The van der Waals surface area contributed by atoms with E-state index >= 15 is 0 Å². The van der Waals surface area contributed by atoms with E-state index in [9.17, 15) is 4.79 Å². The fourth-order valence-corrected chi connectivity index (χ4v) is 3.21. The summed E-state index contributed by atoms with van der Waals surface area (Å²) in [7, 11) is 0. The molecule has 1 heterocycles. The molecule has 102 valence electrons. The van der Waals surface area contributed by atoms with Crippen molar-refractivity contribution in [3.05, 3.63) is 55.7 Å². The van der Waals surface area contributed by atoms with Gasteiger partial charge in [0.05, 0.1) is 26.3 Å². The Morgan fingerprint density at radius 1 is 1.40 bits per heavy atom. The molecule has 0 spiro atoms. The van der Waals surface area contributed by atoms with Gasteiger partial charge in [-0.15, -0.1) is 11.3 Å². The minimum Gasteiger partial charge on any atom is -0.345 e. The van der Waals surface area contributed by atoms with Crippen LogP contribution in [-0.2, 0) is 0 Å². The van der Waals surface area contributed by atoms with E-state index in [4.69, 9.17) is 5.26 Å². The summed E-state index contributed by atoms with van der Waals surface area (Å²) in [4.78, 5) is 12.8. The first-order chi connectivity index (χ1) is 9.51. The molecule has 1 aromatic carbocycles. The first-order valence-electron chi connectivity index (χ1n) is 6.08. The van der Waals surface area contributed by atoms with E-state index in [1.54, 1.807) is 12.1 Å². The summed E-state index contributed by atoms with van der Waals surface area (Å²) in [5.74, 6) is -0.0827. The number of nitrogens with one attached hydrogen (secondary N) is 1. The zero-order valence-corrected chi connectivity index (χ0v) is 13.5. The van der Waals surface area contributed by atoms with E-state index in [0.29, 0.717) is 10.4 Å². The molecule has 1 aromatic heterocycles. The maximum atomic E-state index is 12.1. The van der Waals surface area contributed by atoms with Crippen LogP contribution in [0.1, 0.15) is 39.3 Å². The fourth-order valence-electron chi connectivity index (χ4n) is 1.77.